The Hall–Kier alpha value is -0.570. The number of nitrogens with one attached hydrogen (secondary N) is 1. The third kappa shape index (κ3) is 2.23. The van der Waals surface area contributed by atoms with Crippen molar-refractivity contribution in [1.82, 2.24) is 10.2 Å². The van der Waals surface area contributed by atoms with Crippen LogP contribution in [0.4, 0.5) is 0 Å². The van der Waals surface area contributed by atoms with E-state index in [-0.39, 0.29) is 0 Å². The number of piperidine rings is 2. The van der Waals surface area contributed by atoms with Gasteiger partial charge in [0.1, 0.15) is 0 Å². The predicted molar refractivity (Wildman–Crippen MR) is 87.9 cm³/mol. The molecule has 0 aromatic heterocycles. The summed E-state index contributed by atoms with van der Waals surface area (Å²) in [7, 11) is 2.33. The van der Waals surface area contributed by atoms with Crippen LogP contribution in [0.3, 0.4) is 0 Å². The Balaban J connectivity index is 1.71. The maximum atomic E-state index is 6.54. The quantitative estimate of drug-likeness (QED) is 0.852. The highest BCUT2D eigenvalue weighted by molar-refractivity contribution is 6.31. The highest BCUT2D eigenvalue weighted by atomic mass is 35.5. The van der Waals surface area contributed by atoms with Crippen molar-refractivity contribution in [2.45, 2.75) is 50.1 Å². The van der Waals surface area contributed by atoms with Crippen molar-refractivity contribution in [3.63, 3.8) is 0 Å². The second-order valence-electron chi connectivity index (χ2n) is 7.35. The van der Waals surface area contributed by atoms with Gasteiger partial charge in [-0.1, -0.05) is 29.8 Å². The molecule has 1 aromatic carbocycles. The van der Waals surface area contributed by atoms with Crippen molar-refractivity contribution in [3.8, 4) is 0 Å². The van der Waals surface area contributed by atoms with Crippen molar-refractivity contribution < 1.29 is 0 Å². The van der Waals surface area contributed by atoms with Gasteiger partial charge in [-0.05, 0) is 62.7 Å². The van der Waals surface area contributed by atoms with Gasteiger partial charge in [0.15, 0.2) is 0 Å². The molecule has 114 valence electrons. The van der Waals surface area contributed by atoms with Crippen molar-refractivity contribution in [1.29, 1.82) is 0 Å². The molecule has 1 aromatic rings. The van der Waals surface area contributed by atoms with Crippen molar-refractivity contribution in [2.75, 3.05) is 20.1 Å². The van der Waals surface area contributed by atoms with Crippen LogP contribution in [0.15, 0.2) is 24.3 Å². The zero-order valence-electron chi connectivity index (χ0n) is 12.8. The molecule has 3 aliphatic heterocycles. The molecular weight excluding hydrogens is 280 g/mol. The van der Waals surface area contributed by atoms with Crippen molar-refractivity contribution in [2.24, 2.45) is 5.41 Å². The molecule has 3 atom stereocenters. The summed E-state index contributed by atoms with van der Waals surface area (Å²) in [4.78, 5) is 2.65. The Morgan fingerprint density at radius 3 is 2.62 bits per heavy atom. The van der Waals surface area contributed by atoms with E-state index in [9.17, 15) is 0 Å². The van der Waals surface area contributed by atoms with Gasteiger partial charge in [0.05, 0.1) is 0 Å². The number of fused-ring (bicyclic) bond motifs is 2. The first-order valence-electron chi connectivity index (χ1n) is 8.37. The molecule has 4 rings (SSSR count). The van der Waals surface area contributed by atoms with Crippen LogP contribution in [-0.2, 0) is 0 Å². The molecule has 1 spiro atoms. The molecule has 2 nitrogen and oxygen atoms in total. The van der Waals surface area contributed by atoms with E-state index >= 15 is 0 Å². The summed E-state index contributed by atoms with van der Waals surface area (Å²) in [5, 5.41) is 4.58. The zero-order chi connectivity index (χ0) is 14.4. The summed E-state index contributed by atoms with van der Waals surface area (Å²) >= 11 is 6.54. The number of hydrogen-bond donors (Lipinski definition) is 1. The van der Waals surface area contributed by atoms with Gasteiger partial charge in [0.25, 0.3) is 0 Å². The maximum absolute atomic E-state index is 6.54. The normalized spacial score (nSPS) is 39.8. The monoisotopic (exact) mass is 304 g/mol. The smallest absolute Gasteiger partial charge is 0.0441 e. The molecule has 3 unspecified atom stereocenters. The van der Waals surface area contributed by atoms with Crippen LogP contribution in [0, 0.1) is 5.41 Å². The number of nitrogens with zero attached hydrogens (tertiary/aromatic N) is 1. The van der Waals surface area contributed by atoms with Crippen molar-refractivity contribution in [3.05, 3.63) is 34.9 Å². The van der Waals surface area contributed by atoms with Crippen LogP contribution in [0.2, 0.25) is 5.02 Å². The second kappa shape index (κ2) is 5.26. The average Bonchev–Trinajstić information content (AvgIpc) is 2.72. The van der Waals surface area contributed by atoms with E-state index in [2.05, 4.69) is 35.5 Å². The molecule has 0 aliphatic carbocycles. The van der Waals surface area contributed by atoms with Crippen LogP contribution in [0.25, 0.3) is 0 Å². The summed E-state index contributed by atoms with van der Waals surface area (Å²) in [6.45, 7) is 2.26. The zero-order valence-corrected chi connectivity index (χ0v) is 13.6. The van der Waals surface area contributed by atoms with Crippen LogP contribution in [0.1, 0.15) is 43.6 Å². The van der Waals surface area contributed by atoms with Crippen molar-refractivity contribution >= 4 is 11.6 Å². The first-order chi connectivity index (χ1) is 10.2. The summed E-state index contributed by atoms with van der Waals surface area (Å²) < 4.78 is 0. The standard InChI is InChI=1S/C18H25ClN2/c1-21-13-6-7-14(21)11-18(10-13)8-9-20-12-16(18)15-4-2-3-5-17(15)19/h2-5,13-14,16,20H,6-12H2,1H3. The minimum absolute atomic E-state index is 0.467. The van der Waals surface area contributed by atoms with Gasteiger partial charge in [-0.3, -0.25) is 0 Å². The Labute approximate surface area is 132 Å². The van der Waals surface area contributed by atoms with Crippen LogP contribution in [-0.4, -0.2) is 37.1 Å². The average molecular weight is 305 g/mol. The van der Waals surface area contributed by atoms with Gasteiger partial charge >= 0.3 is 0 Å². The topological polar surface area (TPSA) is 15.3 Å². The molecule has 0 saturated carbocycles. The van der Waals surface area contributed by atoms with E-state index in [1.165, 1.54) is 44.2 Å². The Morgan fingerprint density at radius 1 is 1.19 bits per heavy atom. The number of benzene rings is 1. The highest BCUT2D eigenvalue weighted by Crippen LogP contribution is 2.55. The van der Waals surface area contributed by atoms with Gasteiger partial charge in [-0.25, -0.2) is 0 Å². The SMILES string of the molecule is CN1C2CCC1CC1(CCNCC1c1ccccc1Cl)C2. The largest absolute Gasteiger partial charge is 0.316 e. The summed E-state index contributed by atoms with van der Waals surface area (Å²) in [6, 6.07) is 10.1. The third-order valence-electron chi connectivity index (χ3n) is 6.44. The number of hydrogen-bond acceptors (Lipinski definition) is 2. The fraction of sp³-hybridized carbons (Fsp3) is 0.667. The van der Waals surface area contributed by atoms with E-state index in [1.807, 2.05) is 6.07 Å². The van der Waals surface area contributed by atoms with Gasteiger partial charge in [-0.2, -0.15) is 0 Å². The van der Waals surface area contributed by atoms with E-state index in [4.69, 9.17) is 11.6 Å². The molecule has 2 bridgehead atoms. The molecule has 0 amide bonds. The lowest BCUT2D eigenvalue weighted by molar-refractivity contribution is 0.0196. The molecular formula is C18H25ClN2. The Bertz CT molecular complexity index is 516. The lowest BCUT2D eigenvalue weighted by Crippen LogP contribution is -2.53. The number of rotatable bonds is 1. The minimum atomic E-state index is 0.467. The van der Waals surface area contributed by atoms with Gasteiger partial charge in [0.2, 0.25) is 0 Å². The Kier molecular flexibility index (Phi) is 3.52. The van der Waals surface area contributed by atoms with Gasteiger partial charge < -0.3 is 10.2 Å². The Morgan fingerprint density at radius 2 is 1.90 bits per heavy atom. The maximum Gasteiger partial charge on any atom is 0.0441 e. The first kappa shape index (κ1) is 14.0. The molecule has 3 saturated heterocycles. The fourth-order valence-electron chi connectivity index (χ4n) is 5.26. The van der Waals surface area contributed by atoms with Crippen LogP contribution < -0.4 is 5.32 Å². The highest BCUT2D eigenvalue weighted by Gasteiger charge is 2.51. The van der Waals surface area contributed by atoms with E-state index in [0.717, 1.165) is 23.7 Å². The van der Waals surface area contributed by atoms with E-state index in [0.29, 0.717) is 11.3 Å². The second-order valence-corrected chi connectivity index (χ2v) is 7.76. The van der Waals surface area contributed by atoms with Gasteiger partial charge in [-0.15, -0.1) is 0 Å². The fourth-order valence-corrected chi connectivity index (χ4v) is 5.53. The lowest BCUT2D eigenvalue weighted by Gasteiger charge is -2.52. The molecule has 3 heterocycles. The van der Waals surface area contributed by atoms with Crippen LogP contribution in [0.5, 0.6) is 0 Å². The summed E-state index contributed by atoms with van der Waals surface area (Å²) in [5.41, 5.74) is 1.84. The van der Waals surface area contributed by atoms with E-state index in [1.54, 1.807) is 0 Å². The van der Waals surface area contributed by atoms with Crippen LogP contribution >= 0.6 is 11.6 Å². The molecule has 3 heteroatoms. The molecule has 1 N–H and O–H groups in total. The minimum Gasteiger partial charge on any atom is -0.316 e. The third-order valence-corrected chi connectivity index (χ3v) is 6.78. The lowest BCUT2D eigenvalue weighted by atomic mass is 9.61. The summed E-state index contributed by atoms with van der Waals surface area (Å²) in [6.07, 6.45) is 6.82. The van der Waals surface area contributed by atoms with E-state index < -0.39 is 0 Å². The predicted octanol–water partition coefficient (Wildman–Crippen LogP) is 3.66. The number of halogens is 1. The molecule has 21 heavy (non-hydrogen) atoms. The van der Waals surface area contributed by atoms with Gasteiger partial charge in [0, 0.05) is 29.6 Å². The molecule has 0 radical (unpaired) electrons. The first-order valence-corrected chi connectivity index (χ1v) is 8.74. The summed E-state index contributed by atoms with van der Waals surface area (Å²) in [5.74, 6) is 0.580. The molecule has 3 aliphatic rings. The molecule has 3 fully saturated rings.